The van der Waals surface area contributed by atoms with Crippen molar-refractivity contribution < 1.29 is 4.21 Å². The summed E-state index contributed by atoms with van der Waals surface area (Å²) in [7, 11) is -1.09. The van der Waals surface area contributed by atoms with Crippen LogP contribution in [0.2, 0.25) is 0 Å². The van der Waals surface area contributed by atoms with Gasteiger partial charge in [0, 0.05) is 12.6 Å². The van der Waals surface area contributed by atoms with Crippen LogP contribution in [0.5, 0.6) is 0 Å². The lowest BCUT2D eigenvalue weighted by atomic mass is 10.2. The van der Waals surface area contributed by atoms with Gasteiger partial charge in [-0.2, -0.15) is 0 Å². The minimum Gasteiger partial charge on any atom is -0.326 e. The van der Waals surface area contributed by atoms with Crippen molar-refractivity contribution in [3.8, 4) is 0 Å². The maximum Gasteiger partial charge on any atom is 0.125 e. The zero-order valence-electron chi connectivity index (χ0n) is 7.90. The van der Waals surface area contributed by atoms with E-state index in [4.69, 9.17) is 5.73 Å². The van der Waals surface area contributed by atoms with Crippen molar-refractivity contribution in [1.82, 2.24) is 4.72 Å². The van der Waals surface area contributed by atoms with E-state index < -0.39 is 11.0 Å². The van der Waals surface area contributed by atoms with Gasteiger partial charge in [0.25, 0.3) is 0 Å². The highest BCUT2D eigenvalue weighted by molar-refractivity contribution is 7.83. The summed E-state index contributed by atoms with van der Waals surface area (Å²) in [6.07, 6.45) is 2.27. The van der Waals surface area contributed by atoms with E-state index in [9.17, 15) is 4.21 Å². The van der Waals surface area contributed by atoms with E-state index in [1.165, 1.54) is 0 Å². The minimum atomic E-state index is -1.09. The van der Waals surface area contributed by atoms with Crippen LogP contribution in [-0.2, 0) is 17.5 Å². The fourth-order valence-corrected chi connectivity index (χ4v) is 2.53. The van der Waals surface area contributed by atoms with Crippen molar-refractivity contribution in [3.63, 3.8) is 0 Å². The van der Waals surface area contributed by atoms with Crippen molar-refractivity contribution in [3.05, 3.63) is 29.8 Å². The molecule has 1 aromatic rings. The summed E-state index contributed by atoms with van der Waals surface area (Å²) in [6.45, 7) is 0.439. The van der Waals surface area contributed by atoms with Gasteiger partial charge in [-0.05, 0) is 24.5 Å². The van der Waals surface area contributed by atoms with Crippen molar-refractivity contribution in [1.29, 1.82) is 0 Å². The Balaban J connectivity index is 2.16. The summed E-state index contributed by atoms with van der Waals surface area (Å²) >= 11 is 0. The predicted octanol–water partition coefficient (Wildman–Crippen LogP) is 0.920. The molecule has 0 spiro atoms. The van der Waals surface area contributed by atoms with Gasteiger partial charge in [-0.3, -0.25) is 0 Å². The molecule has 0 amide bonds. The second kappa shape index (κ2) is 4.21. The van der Waals surface area contributed by atoms with Gasteiger partial charge in [0.05, 0.1) is 4.90 Å². The van der Waals surface area contributed by atoms with Crippen LogP contribution in [0.3, 0.4) is 0 Å². The first-order chi connectivity index (χ1) is 6.81. The molecule has 14 heavy (non-hydrogen) atoms. The molecule has 3 N–H and O–H groups in total. The van der Waals surface area contributed by atoms with Gasteiger partial charge in [0.15, 0.2) is 0 Å². The van der Waals surface area contributed by atoms with E-state index >= 15 is 0 Å². The Morgan fingerprint density at radius 2 is 2.14 bits per heavy atom. The Labute approximate surface area is 86.3 Å². The van der Waals surface area contributed by atoms with Crippen molar-refractivity contribution >= 4 is 11.0 Å². The summed E-state index contributed by atoms with van der Waals surface area (Å²) in [6, 6.07) is 8.04. The van der Waals surface area contributed by atoms with Gasteiger partial charge in [-0.15, -0.1) is 0 Å². The summed E-state index contributed by atoms with van der Waals surface area (Å²) in [5.41, 5.74) is 6.53. The molecule has 1 atom stereocenters. The van der Waals surface area contributed by atoms with E-state index in [-0.39, 0.29) is 0 Å². The van der Waals surface area contributed by atoms with Gasteiger partial charge in [0.2, 0.25) is 0 Å². The average molecular weight is 210 g/mol. The van der Waals surface area contributed by atoms with Gasteiger partial charge in [0.1, 0.15) is 11.0 Å². The number of hydrogen-bond donors (Lipinski definition) is 2. The van der Waals surface area contributed by atoms with Gasteiger partial charge in [-0.1, -0.05) is 18.2 Å². The molecule has 4 heteroatoms. The highest BCUT2D eigenvalue weighted by Gasteiger charge is 2.24. The second-order valence-corrected chi connectivity index (χ2v) is 4.69. The van der Waals surface area contributed by atoms with Crippen molar-refractivity contribution in [2.75, 3.05) is 0 Å². The first-order valence-corrected chi connectivity index (χ1v) is 5.92. The fraction of sp³-hybridized carbons (Fsp3) is 0.400. The Hall–Kier alpha value is -0.710. The van der Waals surface area contributed by atoms with Crippen LogP contribution >= 0.6 is 0 Å². The Bertz CT molecular complexity index is 350. The maximum atomic E-state index is 11.8. The first kappa shape index (κ1) is 9.83. The molecule has 76 valence electrons. The molecule has 1 unspecified atom stereocenters. The highest BCUT2D eigenvalue weighted by atomic mass is 32.2. The zero-order chi connectivity index (χ0) is 9.97. The quantitative estimate of drug-likeness (QED) is 0.776. The molecular formula is C10H14N2OS. The lowest BCUT2D eigenvalue weighted by Gasteiger charge is -2.07. The molecule has 1 aliphatic rings. The largest absolute Gasteiger partial charge is 0.326 e. The van der Waals surface area contributed by atoms with Crippen LogP contribution in [0.4, 0.5) is 0 Å². The SMILES string of the molecule is NCc1ccccc1S(=O)NC1CC1. The number of nitrogens with two attached hydrogens (primary N) is 1. The molecule has 0 saturated heterocycles. The fourth-order valence-electron chi connectivity index (χ4n) is 1.27. The van der Waals surface area contributed by atoms with Gasteiger partial charge < -0.3 is 5.73 Å². The summed E-state index contributed by atoms with van der Waals surface area (Å²) in [5, 5.41) is 0. The standard InChI is InChI=1S/C10H14N2OS/c11-7-8-3-1-2-4-10(8)14(13)12-9-5-6-9/h1-4,9,12H,5-7,11H2. The van der Waals surface area contributed by atoms with Crippen molar-refractivity contribution in [2.24, 2.45) is 5.73 Å². The van der Waals surface area contributed by atoms with Gasteiger partial charge in [-0.25, -0.2) is 8.93 Å². The molecule has 3 nitrogen and oxygen atoms in total. The van der Waals surface area contributed by atoms with E-state index in [2.05, 4.69) is 4.72 Å². The van der Waals surface area contributed by atoms with E-state index in [1.54, 1.807) is 0 Å². The summed E-state index contributed by atoms with van der Waals surface area (Å²) < 4.78 is 14.9. The van der Waals surface area contributed by atoms with Crippen LogP contribution in [0.25, 0.3) is 0 Å². The molecule has 0 bridgehead atoms. The molecule has 1 fully saturated rings. The topological polar surface area (TPSA) is 55.1 Å². The second-order valence-electron chi connectivity index (χ2n) is 3.47. The third-order valence-electron chi connectivity index (χ3n) is 2.24. The molecule has 2 rings (SSSR count). The summed E-state index contributed by atoms with van der Waals surface area (Å²) in [5.74, 6) is 0. The Morgan fingerprint density at radius 3 is 2.79 bits per heavy atom. The minimum absolute atomic E-state index is 0.439. The number of nitrogens with one attached hydrogen (secondary N) is 1. The number of benzene rings is 1. The van der Waals surface area contributed by atoms with Crippen LogP contribution < -0.4 is 10.5 Å². The number of hydrogen-bond acceptors (Lipinski definition) is 2. The highest BCUT2D eigenvalue weighted by Crippen LogP contribution is 2.21. The Kier molecular flexibility index (Phi) is 2.96. The summed E-state index contributed by atoms with van der Waals surface area (Å²) in [4.78, 5) is 0.821. The molecule has 1 aromatic carbocycles. The van der Waals surface area contributed by atoms with Gasteiger partial charge >= 0.3 is 0 Å². The lowest BCUT2D eigenvalue weighted by molar-refractivity contribution is 0.670. The van der Waals surface area contributed by atoms with E-state index in [1.807, 2.05) is 24.3 Å². The lowest BCUT2D eigenvalue weighted by Crippen LogP contribution is -2.20. The van der Waals surface area contributed by atoms with Crippen LogP contribution in [0.1, 0.15) is 18.4 Å². The molecule has 0 radical (unpaired) electrons. The molecule has 0 heterocycles. The molecule has 0 aliphatic heterocycles. The Morgan fingerprint density at radius 1 is 1.43 bits per heavy atom. The molecular weight excluding hydrogens is 196 g/mol. The molecule has 0 aromatic heterocycles. The maximum absolute atomic E-state index is 11.8. The van der Waals surface area contributed by atoms with E-state index in [0.29, 0.717) is 12.6 Å². The first-order valence-electron chi connectivity index (χ1n) is 4.77. The monoisotopic (exact) mass is 210 g/mol. The van der Waals surface area contributed by atoms with E-state index in [0.717, 1.165) is 23.3 Å². The average Bonchev–Trinajstić information content (AvgIpc) is 3.01. The van der Waals surface area contributed by atoms with Crippen molar-refractivity contribution in [2.45, 2.75) is 30.3 Å². The van der Waals surface area contributed by atoms with Crippen LogP contribution in [0.15, 0.2) is 29.2 Å². The molecule has 1 saturated carbocycles. The van der Waals surface area contributed by atoms with Crippen LogP contribution in [0, 0.1) is 0 Å². The van der Waals surface area contributed by atoms with Crippen LogP contribution in [-0.4, -0.2) is 10.3 Å². The smallest absolute Gasteiger partial charge is 0.125 e. The number of rotatable bonds is 4. The molecule has 1 aliphatic carbocycles. The third kappa shape index (κ3) is 2.20. The normalized spacial score (nSPS) is 18.1. The third-order valence-corrected chi connectivity index (χ3v) is 3.59. The zero-order valence-corrected chi connectivity index (χ0v) is 8.72. The predicted molar refractivity (Wildman–Crippen MR) is 56.9 cm³/mol.